The van der Waals surface area contributed by atoms with Crippen LogP contribution in [0.5, 0.6) is 0 Å². The second-order valence-electron chi connectivity index (χ2n) is 2.92. The van der Waals surface area contributed by atoms with E-state index in [0.717, 1.165) is 6.42 Å². The minimum absolute atomic E-state index is 0.540. The van der Waals surface area contributed by atoms with Crippen molar-refractivity contribution in [3.63, 3.8) is 0 Å². The Hall–Kier alpha value is -0.890. The van der Waals surface area contributed by atoms with Crippen LogP contribution < -0.4 is 5.32 Å². The average molecular weight is 178 g/mol. The van der Waals surface area contributed by atoms with Gasteiger partial charge in [0.15, 0.2) is 0 Å². The summed E-state index contributed by atoms with van der Waals surface area (Å²) in [6, 6.07) is 4.71. The summed E-state index contributed by atoms with van der Waals surface area (Å²) in [5, 5.41) is 3.28. The molecule has 1 aromatic heterocycles. The zero-order valence-corrected chi connectivity index (χ0v) is 8.67. The topological polar surface area (TPSA) is 24.9 Å². The fourth-order valence-electron chi connectivity index (χ4n) is 1.71. The molecule has 0 saturated heterocycles. The van der Waals surface area contributed by atoms with E-state index in [9.17, 15) is 0 Å². The van der Waals surface area contributed by atoms with Gasteiger partial charge in [0.25, 0.3) is 0 Å². The predicted octanol–water partition coefficient (Wildman–Crippen LogP) is 2.31. The van der Waals surface area contributed by atoms with Crippen LogP contribution in [0.4, 0.5) is 0 Å². The van der Waals surface area contributed by atoms with E-state index < -0.39 is 0 Å². The van der Waals surface area contributed by atoms with Crippen LogP contribution in [-0.4, -0.2) is 12.0 Å². The fourth-order valence-corrected chi connectivity index (χ4v) is 1.71. The molecule has 0 radical (unpaired) electrons. The van der Waals surface area contributed by atoms with E-state index in [0.29, 0.717) is 6.04 Å². The van der Waals surface area contributed by atoms with Gasteiger partial charge in [-0.25, -0.2) is 0 Å². The maximum Gasteiger partial charge on any atom is 0.0452 e. The molecule has 0 spiro atoms. The maximum absolute atomic E-state index is 4.32. The number of nitrogens with zero attached hydrogens (tertiary/aromatic N) is 1. The third-order valence-corrected chi connectivity index (χ3v) is 2.32. The van der Waals surface area contributed by atoms with E-state index in [1.54, 1.807) is 0 Å². The van der Waals surface area contributed by atoms with Gasteiger partial charge in [-0.1, -0.05) is 19.9 Å². The lowest BCUT2D eigenvalue weighted by Gasteiger charge is -2.07. The van der Waals surface area contributed by atoms with Crippen LogP contribution in [0.3, 0.4) is 0 Å². The smallest absolute Gasteiger partial charge is 0.0452 e. The lowest BCUT2D eigenvalue weighted by molar-refractivity contribution is 0.590. The quantitative estimate of drug-likeness (QED) is 0.714. The Kier molecular flexibility index (Phi) is 3.90. The molecule has 1 aromatic rings. The van der Waals surface area contributed by atoms with Gasteiger partial charge in [-0.3, -0.25) is 4.98 Å². The Bertz CT molecular complexity index is 258. The molecule has 2 heteroatoms. The first-order valence-corrected chi connectivity index (χ1v) is 5.03. The molecule has 0 bridgehead atoms. The van der Waals surface area contributed by atoms with E-state index in [4.69, 9.17) is 0 Å². The monoisotopic (exact) mass is 178 g/mol. The van der Waals surface area contributed by atoms with Crippen LogP contribution in [0.25, 0.3) is 0 Å². The van der Waals surface area contributed by atoms with Crippen molar-refractivity contribution in [2.45, 2.75) is 32.7 Å². The van der Waals surface area contributed by atoms with Crippen LogP contribution in [0.2, 0.25) is 0 Å². The van der Waals surface area contributed by atoms with Crippen molar-refractivity contribution in [3.05, 3.63) is 29.6 Å². The normalized spacial score (nSPS) is 18.8. The van der Waals surface area contributed by atoms with Gasteiger partial charge in [0.2, 0.25) is 0 Å². The summed E-state index contributed by atoms with van der Waals surface area (Å²) in [7, 11) is 2.01. The van der Waals surface area contributed by atoms with E-state index >= 15 is 0 Å². The Morgan fingerprint density at radius 3 is 2.92 bits per heavy atom. The van der Waals surface area contributed by atoms with Crippen LogP contribution in [-0.2, 0) is 6.42 Å². The Morgan fingerprint density at radius 1 is 1.46 bits per heavy atom. The maximum atomic E-state index is 4.32. The lowest BCUT2D eigenvalue weighted by atomic mass is 10.1. The first kappa shape index (κ1) is 10.2. The molecule has 2 nitrogen and oxygen atoms in total. The molecule has 0 saturated carbocycles. The summed E-state index contributed by atoms with van der Waals surface area (Å²) in [4.78, 5) is 4.32. The Morgan fingerprint density at radius 2 is 2.23 bits per heavy atom. The SMILES string of the molecule is CC.CNC1CCc2ncccc21. The van der Waals surface area contributed by atoms with Gasteiger partial charge in [0.1, 0.15) is 0 Å². The molecule has 1 unspecified atom stereocenters. The zero-order chi connectivity index (χ0) is 9.68. The van der Waals surface area contributed by atoms with Gasteiger partial charge in [-0.15, -0.1) is 0 Å². The molecular weight excluding hydrogens is 160 g/mol. The summed E-state index contributed by atoms with van der Waals surface area (Å²) < 4.78 is 0. The number of pyridine rings is 1. The van der Waals surface area contributed by atoms with Crippen LogP contribution >= 0.6 is 0 Å². The highest BCUT2D eigenvalue weighted by molar-refractivity contribution is 5.28. The molecule has 1 aliphatic rings. The van der Waals surface area contributed by atoms with Crippen molar-refractivity contribution < 1.29 is 0 Å². The third-order valence-electron chi connectivity index (χ3n) is 2.32. The van der Waals surface area contributed by atoms with Crippen LogP contribution in [0.15, 0.2) is 18.3 Å². The highest BCUT2D eigenvalue weighted by Gasteiger charge is 2.20. The van der Waals surface area contributed by atoms with Crippen LogP contribution in [0.1, 0.15) is 37.6 Å². The largest absolute Gasteiger partial charge is 0.313 e. The summed E-state index contributed by atoms with van der Waals surface area (Å²) in [5.41, 5.74) is 2.65. The van der Waals surface area contributed by atoms with Crippen molar-refractivity contribution >= 4 is 0 Å². The molecule has 0 amide bonds. The fraction of sp³-hybridized carbons (Fsp3) is 0.545. The van der Waals surface area contributed by atoms with Crippen molar-refractivity contribution in [3.8, 4) is 0 Å². The summed E-state index contributed by atoms with van der Waals surface area (Å²) >= 11 is 0. The Balaban J connectivity index is 0.000000396. The molecule has 0 aromatic carbocycles. The molecule has 13 heavy (non-hydrogen) atoms. The van der Waals surface area contributed by atoms with Crippen molar-refractivity contribution in [1.29, 1.82) is 0 Å². The first-order chi connectivity index (χ1) is 6.42. The average Bonchev–Trinajstić information content (AvgIpc) is 2.64. The molecular formula is C11H18N2. The third kappa shape index (κ3) is 2.07. The highest BCUT2D eigenvalue weighted by Crippen LogP contribution is 2.28. The summed E-state index contributed by atoms with van der Waals surface area (Å²) in [6.07, 6.45) is 4.20. The van der Waals surface area contributed by atoms with E-state index in [1.165, 1.54) is 17.7 Å². The zero-order valence-electron chi connectivity index (χ0n) is 8.67. The summed E-state index contributed by atoms with van der Waals surface area (Å²) in [5.74, 6) is 0. The molecule has 72 valence electrons. The van der Waals surface area contributed by atoms with Crippen molar-refractivity contribution in [2.75, 3.05) is 7.05 Å². The second kappa shape index (κ2) is 4.97. The van der Waals surface area contributed by atoms with E-state index in [1.807, 2.05) is 33.2 Å². The predicted molar refractivity (Wildman–Crippen MR) is 55.7 cm³/mol. The lowest BCUT2D eigenvalue weighted by Crippen LogP contribution is -2.12. The Labute approximate surface area is 80.4 Å². The molecule has 2 rings (SSSR count). The standard InChI is InChI=1S/C9H12N2.C2H6/c1-10-8-4-5-9-7(8)3-2-6-11-9;1-2/h2-3,6,8,10H,4-5H2,1H3;1-2H3. The molecule has 1 heterocycles. The van der Waals surface area contributed by atoms with Gasteiger partial charge >= 0.3 is 0 Å². The number of hydrogen-bond donors (Lipinski definition) is 1. The molecule has 0 fully saturated rings. The van der Waals surface area contributed by atoms with Crippen LogP contribution in [0, 0.1) is 0 Å². The van der Waals surface area contributed by atoms with Crippen molar-refractivity contribution in [1.82, 2.24) is 10.3 Å². The minimum atomic E-state index is 0.540. The first-order valence-electron chi connectivity index (χ1n) is 5.03. The van der Waals surface area contributed by atoms with Gasteiger partial charge < -0.3 is 5.32 Å². The van der Waals surface area contributed by atoms with Gasteiger partial charge in [-0.05, 0) is 31.5 Å². The number of hydrogen-bond acceptors (Lipinski definition) is 2. The minimum Gasteiger partial charge on any atom is -0.313 e. The number of nitrogens with one attached hydrogen (secondary N) is 1. The van der Waals surface area contributed by atoms with E-state index in [-0.39, 0.29) is 0 Å². The number of rotatable bonds is 1. The molecule has 0 aliphatic heterocycles. The second-order valence-corrected chi connectivity index (χ2v) is 2.92. The number of aryl methyl sites for hydroxylation is 1. The van der Waals surface area contributed by atoms with Gasteiger partial charge in [0, 0.05) is 17.9 Å². The van der Waals surface area contributed by atoms with Gasteiger partial charge in [0.05, 0.1) is 0 Å². The molecule has 1 N–H and O–H groups in total. The number of aromatic nitrogens is 1. The molecule has 1 atom stereocenters. The number of fused-ring (bicyclic) bond motifs is 1. The highest BCUT2D eigenvalue weighted by atomic mass is 14.9. The van der Waals surface area contributed by atoms with Gasteiger partial charge in [-0.2, -0.15) is 0 Å². The van der Waals surface area contributed by atoms with Crippen molar-refractivity contribution in [2.24, 2.45) is 0 Å². The van der Waals surface area contributed by atoms with E-state index in [2.05, 4.69) is 16.4 Å². The molecule has 1 aliphatic carbocycles. The summed E-state index contributed by atoms with van der Waals surface area (Å²) in [6.45, 7) is 4.00.